The van der Waals surface area contributed by atoms with E-state index in [4.69, 9.17) is 5.73 Å². The van der Waals surface area contributed by atoms with Crippen LogP contribution in [0.15, 0.2) is 0 Å². The molecular formula is C19H36N4O6S2. The van der Waals surface area contributed by atoms with Crippen LogP contribution in [0.1, 0.15) is 33.6 Å². The largest absolute Gasteiger partial charge is 0.480 e. The second-order valence-electron chi connectivity index (χ2n) is 7.52. The summed E-state index contributed by atoms with van der Waals surface area (Å²) in [5.74, 6) is -2.20. The van der Waals surface area contributed by atoms with Gasteiger partial charge in [-0.15, -0.1) is 0 Å². The van der Waals surface area contributed by atoms with Crippen LogP contribution in [0.4, 0.5) is 0 Å². The maximum atomic E-state index is 12.8. The maximum absolute atomic E-state index is 12.8. The molecule has 0 aromatic heterocycles. The third kappa shape index (κ3) is 11.1. The first-order chi connectivity index (χ1) is 14.5. The molecule has 0 bridgehead atoms. The Morgan fingerprint density at radius 3 is 1.74 bits per heavy atom. The minimum atomic E-state index is -1.19. The van der Waals surface area contributed by atoms with Crippen molar-refractivity contribution in [3.05, 3.63) is 0 Å². The van der Waals surface area contributed by atoms with Crippen LogP contribution in [-0.4, -0.2) is 88.2 Å². The van der Waals surface area contributed by atoms with Gasteiger partial charge in [-0.3, -0.25) is 14.4 Å². The van der Waals surface area contributed by atoms with Gasteiger partial charge in [-0.25, -0.2) is 4.79 Å². The van der Waals surface area contributed by atoms with Gasteiger partial charge < -0.3 is 31.9 Å². The Morgan fingerprint density at radius 1 is 0.839 bits per heavy atom. The third-order valence-corrected chi connectivity index (χ3v) is 5.83. The topological polar surface area (TPSA) is 171 Å². The van der Waals surface area contributed by atoms with Crippen LogP contribution in [0, 0.1) is 5.92 Å². The minimum Gasteiger partial charge on any atom is -0.480 e. The Morgan fingerprint density at radius 2 is 1.32 bits per heavy atom. The van der Waals surface area contributed by atoms with Gasteiger partial charge in [0.2, 0.25) is 17.7 Å². The lowest BCUT2D eigenvalue weighted by Crippen LogP contribution is -2.59. The molecule has 0 aliphatic rings. The quantitative estimate of drug-likeness (QED) is 0.179. The Bertz CT molecular complexity index is 606. The number of aliphatic hydroxyl groups is 1. The summed E-state index contributed by atoms with van der Waals surface area (Å²) in [5, 5.41) is 26.5. The van der Waals surface area contributed by atoms with Crippen LogP contribution in [0.5, 0.6) is 0 Å². The third-order valence-electron chi connectivity index (χ3n) is 4.54. The number of rotatable bonds is 15. The number of carbonyl (C=O) groups excluding carboxylic acids is 3. The zero-order valence-corrected chi connectivity index (χ0v) is 20.3. The van der Waals surface area contributed by atoms with Crippen molar-refractivity contribution in [3.63, 3.8) is 0 Å². The first-order valence-corrected chi connectivity index (χ1v) is 12.8. The molecule has 5 unspecified atom stereocenters. The number of hydrogen-bond donors (Lipinski definition) is 6. The highest BCUT2D eigenvalue weighted by atomic mass is 32.2. The van der Waals surface area contributed by atoms with Crippen LogP contribution in [-0.2, 0) is 19.2 Å². The summed E-state index contributed by atoms with van der Waals surface area (Å²) in [4.78, 5) is 49.2. The predicted molar refractivity (Wildman–Crippen MR) is 124 cm³/mol. The fraction of sp³-hybridized carbons (Fsp3) is 0.789. The molecule has 0 saturated carbocycles. The van der Waals surface area contributed by atoms with Gasteiger partial charge >= 0.3 is 5.97 Å². The van der Waals surface area contributed by atoms with Crippen molar-refractivity contribution in [2.75, 3.05) is 24.0 Å². The summed E-state index contributed by atoms with van der Waals surface area (Å²) in [5.41, 5.74) is 5.64. The van der Waals surface area contributed by atoms with Crippen LogP contribution in [0.3, 0.4) is 0 Å². The molecule has 0 aromatic rings. The number of carboxylic acid groups (broad SMARTS) is 1. The van der Waals surface area contributed by atoms with Crippen molar-refractivity contribution in [1.82, 2.24) is 16.0 Å². The molecular weight excluding hydrogens is 444 g/mol. The summed E-state index contributed by atoms with van der Waals surface area (Å²) in [6, 6.07) is -4.19. The lowest BCUT2D eigenvalue weighted by atomic mass is 10.0. The summed E-state index contributed by atoms with van der Waals surface area (Å²) in [7, 11) is 0. The van der Waals surface area contributed by atoms with Gasteiger partial charge in [0.15, 0.2) is 0 Å². The molecule has 0 saturated heterocycles. The highest BCUT2D eigenvalue weighted by molar-refractivity contribution is 7.98. The van der Waals surface area contributed by atoms with E-state index in [9.17, 15) is 29.4 Å². The van der Waals surface area contributed by atoms with Gasteiger partial charge in [-0.2, -0.15) is 23.5 Å². The Hall–Kier alpha value is -1.50. The molecule has 0 aliphatic carbocycles. The first-order valence-electron chi connectivity index (χ1n) is 10.0. The SMILES string of the molecule is CSCCC(NC(=O)C(NC(=O)C(CCSC)NC(=O)C(N)C(C)O)C(C)C)C(=O)O. The number of carbonyl (C=O) groups is 4. The van der Waals surface area contributed by atoms with Crippen molar-refractivity contribution >= 4 is 47.2 Å². The van der Waals surface area contributed by atoms with Gasteiger partial charge in [-0.1, -0.05) is 13.8 Å². The van der Waals surface area contributed by atoms with E-state index in [1.807, 2.05) is 12.5 Å². The highest BCUT2D eigenvalue weighted by Crippen LogP contribution is 2.08. The summed E-state index contributed by atoms with van der Waals surface area (Å²) in [6.45, 7) is 4.82. The lowest BCUT2D eigenvalue weighted by Gasteiger charge is -2.27. The Balaban J connectivity index is 5.33. The van der Waals surface area contributed by atoms with Gasteiger partial charge in [0.05, 0.1) is 6.10 Å². The molecule has 12 heteroatoms. The van der Waals surface area contributed by atoms with Crippen molar-refractivity contribution in [3.8, 4) is 0 Å². The second-order valence-corrected chi connectivity index (χ2v) is 9.49. The molecule has 7 N–H and O–H groups in total. The smallest absolute Gasteiger partial charge is 0.326 e. The van der Waals surface area contributed by atoms with E-state index in [0.29, 0.717) is 17.9 Å². The van der Waals surface area contributed by atoms with Crippen molar-refractivity contribution in [1.29, 1.82) is 0 Å². The molecule has 180 valence electrons. The van der Waals surface area contributed by atoms with Gasteiger partial charge in [0.25, 0.3) is 0 Å². The number of nitrogens with one attached hydrogen (secondary N) is 3. The molecule has 0 heterocycles. The summed E-state index contributed by atoms with van der Waals surface area (Å²) < 4.78 is 0. The number of nitrogens with two attached hydrogens (primary N) is 1. The van der Waals surface area contributed by atoms with E-state index in [1.165, 1.54) is 30.4 Å². The fourth-order valence-electron chi connectivity index (χ4n) is 2.53. The molecule has 5 atom stereocenters. The molecule has 3 amide bonds. The predicted octanol–water partition coefficient (Wildman–Crippen LogP) is -0.604. The number of hydrogen-bond acceptors (Lipinski definition) is 8. The van der Waals surface area contributed by atoms with E-state index in [-0.39, 0.29) is 12.3 Å². The van der Waals surface area contributed by atoms with E-state index in [2.05, 4.69) is 16.0 Å². The van der Waals surface area contributed by atoms with Crippen molar-refractivity contribution in [2.45, 2.75) is 63.9 Å². The number of aliphatic hydroxyl groups excluding tert-OH is 1. The average Bonchev–Trinajstić information content (AvgIpc) is 2.70. The van der Waals surface area contributed by atoms with Gasteiger partial charge in [0.1, 0.15) is 24.2 Å². The molecule has 0 aromatic carbocycles. The highest BCUT2D eigenvalue weighted by Gasteiger charge is 2.32. The molecule has 0 spiro atoms. The monoisotopic (exact) mass is 480 g/mol. The number of carboxylic acids is 1. The number of aliphatic carboxylic acids is 1. The molecule has 0 rings (SSSR count). The Kier molecular flexibility index (Phi) is 14.6. The average molecular weight is 481 g/mol. The zero-order valence-electron chi connectivity index (χ0n) is 18.7. The van der Waals surface area contributed by atoms with Crippen LogP contribution >= 0.6 is 23.5 Å². The zero-order chi connectivity index (χ0) is 24.1. The van der Waals surface area contributed by atoms with E-state index >= 15 is 0 Å². The molecule has 0 fully saturated rings. The second kappa shape index (κ2) is 15.3. The standard InChI is InChI=1S/C19H36N4O6S2/c1-10(2)15(18(27)22-13(19(28)29)7-9-31-5)23-16(25)12(6-8-30-4)21-17(26)14(20)11(3)24/h10-15,24H,6-9,20H2,1-5H3,(H,21,26)(H,22,27)(H,23,25)(H,28,29). The molecule has 0 radical (unpaired) electrons. The van der Waals surface area contributed by atoms with E-state index in [1.54, 1.807) is 13.8 Å². The summed E-state index contributed by atoms with van der Waals surface area (Å²) >= 11 is 2.95. The molecule has 10 nitrogen and oxygen atoms in total. The maximum Gasteiger partial charge on any atom is 0.326 e. The normalized spacial score (nSPS) is 16.0. The number of amides is 3. The van der Waals surface area contributed by atoms with Crippen molar-refractivity contribution in [2.24, 2.45) is 11.7 Å². The first kappa shape index (κ1) is 29.5. The molecule has 31 heavy (non-hydrogen) atoms. The van der Waals surface area contributed by atoms with Crippen molar-refractivity contribution < 1.29 is 29.4 Å². The number of thioether (sulfide) groups is 2. The van der Waals surface area contributed by atoms with E-state index in [0.717, 1.165) is 0 Å². The van der Waals surface area contributed by atoms with Gasteiger partial charge in [0, 0.05) is 0 Å². The van der Waals surface area contributed by atoms with Crippen LogP contribution in [0.2, 0.25) is 0 Å². The summed E-state index contributed by atoms with van der Waals surface area (Å²) in [6.07, 6.45) is 3.15. The molecule has 0 aliphatic heterocycles. The fourth-order valence-corrected chi connectivity index (χ4v) is 3.48. The Labute approximate surface area is 192 Å². The van der Waals surface area contributed by atoms with Crippen LogP contribution in [0.25, 0.3) is 0 Å². The minimum absolute atomic E-state index is 0.255. The van der Waals surface area contributed by atoms with Crippen LogP contribution < -0.4 is 21.7 Å². The lowest BCUT2D eigenvalue weighted by molar-refractivity contribution is -0.142. The van der Waals surface area contributed by atoms with Gasteiger partial charge in [-0.05, 0) is 49.7 Å². The van der Waals surface area contributed by atoms with E-state index < -0.39 is 54.0 Å².